The van der Waals surface area contributed by atoms with Crippen molar-refractivity contribution in [3.63, 3.8) is 0 Å². The highest BCUT2D eigenvalue weighted by Crippen LogP contribution is 2.45. The first-order valence-corrected chi connectivity index (χ1v) is 10.8. The summed E-state index contributed by atoms with van der Waals surface area (Å²) in [6, 6.07) is 17.6. The van der Waals surface area contributed by atoms with Crippen LogP contribution in [0.4, 0.5) is 0 Å². The molecule has 0 aliphatic carbocycles. The van der Waals surface area contributed by atoms with Gasteiger partial charge in [0.05, 0.1) is 19.0 Å². The normalized spacial score (nSPS) is 22.8. The summed E-state index contributed by atoms with van der Waals surface area (Å²) >= 11 is 0. The quantitative estimate of drug-likeness (QED) is 0.566. The Morgan fingerprint density at radius 1 is 1.03 bits per heavy atom. The first kappa shape index (κ1) is 24.6. The lowest BCUT2D eigenvalue weighted by atomic mass is 9.88. The minimum absolute atomic E-state index is 0. The van der Waals surface area contributed by atoms with E-state index < -0.39 is 0 Å². The van der Waals surface area contributed by atoms with Gasteiger partial charge in [-0.1, -0.05) is 24.3 Å². The standard InChI is InChI=1S/C25H30N4O.2ClH/c1-17-6-4-5-7-22(17)25-23-16-29(15-20(23)13-28(25)2)14-19-12-26-27-24(19)18-8-10-21(30-3)11-9-18;;/h4-12,20,23,25H,13-16H2,1-3H3,(H,26,27);2*1H/t20-,23+,25-;;/m0../s1. The van der Waals surface area contributed by atoms with Crippen LogP contribution in [-0.2, 0) is 6.54 Å². The zero-order valence-corrected chi connectivity index (χ0v) is 20.5. The molecule has 2 aliphatic heterocycles. The fraction of sp³-hybridized carbons (Fsp3) is 0.400. The lowest BCUT2D eigenvalue weighted by Gasteiger charge is -2.28. The summed E-state index contributed by atoms with van der Waals surface area (Å²) < 4.78 is 5.29. The Kier molecular flexibility index (Phi) is 7.88. The molecular weight excluding hydrogens is 443 g/mol. The van der Waals surface area contributed by atoms with Crippen LogP contribution in [0.25, 0.3) is 11.3 Å². The molecule has 5 rings (SSSR count). The molecule has 0 spiro atoms. The van der Waals surface area contributed by atoms with Crippen molar-refractivity contribution in [1.29, 1.82) is 0 Å². The minimum Gasteiger partial charge on any atom is -0.497 e. The topological polar surface area (TPSA) is 44.4 Å². The van der Waals surface area contributed by atoms with Crippen molar-refractivity contribution in [2.24, 2.45) is 11.8 Å². The molecule has 1 aromatic heterocycles. The summed E-state index contributed by atoms with van der Waals surface area (Å²) in [5, 5.41) is 7.56. The Balaban J connectivity index is 0.00000144. The number of rotatable bonds is 5. The van der Waals surface area contributed by atoms with Gasteiger partial charge in [0.25, 0.3) is 0 Å². The highest BCUT2D eigenvalue weighted by molar-refractivity contribution is 5.85. The Morgan fingerprint density at radius 3 is 2.50 bits per heavy atom. The van der Waals surface area contributed by atoms with Gasteiger partial charge in [-0.3, -0.25) is 14.9 Å². The maximum absolute atomic E-state index is 5.29. The van der Waals surface area contributed by atoms with Crippen LogP contribution in [0, 0.1) is 18.8 Å². The lowest BCUT2D eigenvalue weighted by Crippen LogP contribution is -2.29. The number of hydrogen-bond acceptors (Lipinski definition) is 4. The zero-order valence-electron chi connectivity index (χ0n) is 18.8. The average molecular weight is 475 g/mol. The monoisotopic (exact) mass is 474 g/mol. The van der Waals surface area contributed by atoms with Gasteiger partial charge in [-0.15, -0.1) is 24.8 Å². The van der Waals surface area contributed by atoms with Crippen LogP contribution in [0.1, 0.15) is 22.7 Å². The van der Waals surface area contributed by atoms with Gasteiger partial charge in [-0.25, -0.2) is 0 Å². The van der Waals surface area contributed by atoms with E-state index in [1.54, 1.807) is 7.11 Å². The first-order chi connectivity index (χ1) is 14.6. The summed E-state index contributed by atoms with van der Waals surface area (Å²) in [5.41, 5.74) is 6.44. The number of nitrogens with zero attached hydrogens (tertiary/aromatic N) is 3. The van der Waals surface area contributed by atoms with Gasteiger partial charge in [0, 0.05) is 43.3 Å². The molecule has 2 saturated heterocycles. The molecule has 5 nitrogen and oxygen atoms in total. The molecule has 0 amide bonds. The minimum atomic E-state index is 0. The Labute approximate surface area is 203 Å². The van der Waals surface area contributed by atoms with Gasteiger partial charge < -0.3 is 4.74 Å². The summed E-state index contributed by atoms with van der Waals surface area (Å²) in [7, 11) is 3.99. The van der Waals surface area contributed by atoms with Gasteiger partial charge in [0.1, 0.15) is 5.75 Å². The number of likely N-dealkylation sites (tertiary alicyclic amines) is 2. The Bertz CT molecular complexity index is 1020. The molecule has 0 bridgehead atoms. The molecule has 3 aromatic rings. The predicted octanol–water partition coefficient (Wildman–Crippen LogP) is 4.97. The molecular formula is C25H32Cl2N4O. The molecule has 3 heterocycles. The van der Waals surface area contributed by atoms with Gasteiger partial charge >= 0.3 is 0 Å². The summed E-state index contributed by atoms with van der Waals surface area (Å²) in [6.07, 6.45) is 1.98. The van der Waals surface area contributed by atoms with Crippen LogP contribution in [0.3, 0.4) is 0 Å². The van der Waals surface area contributed by atoms with Crippen LogP contribution >= 0.6 is 24.8 Å². The molecule has 7 heteroatoms. The molecule has 32 heavy (non-hydrogen) atoms. The maximum atomic E-state index is 5.29. The second kappa shape index (κ2) is 10.3. The number of aromatic amines is 1. The predicted molar refractivity (Wildman–Crippen MR) is 134 cm³/mol. The van der Waals surface area contributed by atoms with Crippen molar-refractivity contribution in [3.05, 3.63) is 71.4 Å². The van der Waals surface area contributed by atoms with E-state index in [9.17, 15) is 0 Å². The molecule has 1 N–H and O–H groups in total. The van der Waals surface area contributed by atoms with Crippen LogP contribution in [0.5, 0.6) is 5.75 Å². The third-order valence-corrected chi connectivity index (χ3v) is 6.97. The number of methoxy groups -OCH3 is 1. The summed E-state index contributed by atoms with van der Waals surface area (Å²) in [5.74, 6) is 2.29. The van der Waals surface area contributed by atoms with E-state index in [-0.39, 0.29) is 24.8 Å². The van der Waals surface area contributed by atoms with Gasteiger partial charge in [-0.05, 0) is 61.2 Å². The SMILES string of the molecule is COc1ccc(-c2[nH]ncc2CN2C[C@@H]3CN(C)[C@@H](c4ccccc4C)[C@@H]3C2)cc1.Cl.Cl. The number of hydrogen-bond donors (Lipinski definition) is 1. The van der Waals surface area contributed by atoms with Crippen molar-refractivity contribution in [3.8, 4) is 17.0 Å². The van der Waals surface area contributed by atoms with E-state index in [0.717, 1.165) is 42.6 Å². The van der Waals surface area contributed by atoms with Crippen molar-refractivity contribution in [2.45, 2.75) is 19.5 Å². The van der Waals surface area contributed by atoms with Crippen molar-refractivity contribution >= 4 is 24.8 Å². The fourth-order valence-electron chi connectivity index (χ4n) is 5.55. The van der Waals surface area contributed by atoms with Crippen LogP contribution in [-0.4, -0.2) is 53.8 Å². The van der Waals surface area contributed by atoms with Gasteiger partial charge in [0.15, 0.2) is 0 Å². The zero-order chi connectivity index (χ0) is 20.7. The molecule has 2 fully saturated rings. The number of benzene rings is 2. The van der Waals surface area contributed by atoms with E-state index in [0.29, 0.717) is 12.0 Å². The Hall–Kier alpha value is -2.05. The number of fused-ring (bicyclic) bond motifs is 1. The summed E-state index contributed by atoms with van der Waals surface area (Å²) in [6.45, 7) is 6.66. The maximum Gasteiger partial charge on any atom is 0.118 e. The average Bonchev–Trinajstić information content (AvgIpc) is 3.44. The smallest absolute Gasteiger partial charge is 0.118 e. The van der Waals surface area contributed by atoms with E-state index in [2.05, 4.69) is 70.4 Å². The first-order valence-electron chi connectivity index (χ1n) is 10.8. The molecule has 0 radical (unpaired) electrons. The third-order valence-electron chi connectivity index (χ3n) is 6.97. The number of halogens is 2. The number of H-pyrrole nitrogens is 1. The van der Waals surface area contributed by atoms with E-state index in [4.69, 9.17) is 4.74 Å². The van der Waals surface area contributed by atoms with Crippen molar-refractivity contribution in [2.75, 3.05) is 33.8 Å². The summed E-state index contributed by atoms with van der Waals surface area (Å²) in [4.78, 5) is 5.18. The number of ether oxygens (including phenoxy) is 1. The molecule has 2 aliphatic rings. The van der Waals surface area contributed by atoms with E-state index >= 15 is 0 Å². The van der Waals surface area contributed by atoms with Crippen LogP contribution in [0.2, 0.25) is 0 Å². The van der Waals surface area contributed by atoms with Gasteiger partial charge in [-0.2, -0.15) is 5.10 Å². The number of aryl methyl sites for hydroxylation is 1. The Morgan fingerprint density at radius 2 is 1.78 bits per heavy atom. The van der Waals surface area contributed by atoms with Crippen molar-refractivity contribution < 1.29 is 4.74 Å². The second-order valence-corrected chi connectivity index (χ2v) is 8.86. The fourth-order valence-corrected chi connectivity index (χ4v) is 5.55. The van der Waals surface area contributed by atoms with E-state index in [1.807, 2.05) is 18.3 Å². The largest absolute Gasteiger partial charge is 0.497 e. The number of aromatic nitrogens is 2. The van der Waals surface area contributed by atoms with Crippen LogP contribution < -0.4 is 4.74 Å². The highest BCUT2D eigenvalue weighted by Gasteiger charge is 2.46. The molecule has 0 saturated carbocycles. The van der Waals surface area contributed by atoms with Crippen LogP contribution in [0.15, 0.2) is 54.7 Å². The lowest BCUT2D eigenvalue weighted by molar-refractivity contribution is 0.224. The van der Waals surface area contributed by atoms with E-state index in [1.165, 1.54) is 23.2 Å². The molecule has 2 aromatic carbocycles. The van der Waals surface area contributed by atoms with Crippen molar-refractivity contribution in [1.82, 2.24) is 20.0 Å². The second-order valence-electron chi connectivity index (χ2n) is 8.86. The molecule has 172 valence electrons. The van der Waals surface area contributed by atoms with Gasteiger partial charge in [0.2, 0.25) is 0 Å². The highest BCUT2D eigenvalue weighted by atomic mass is 35.5. The number of nitrogens with one attached hydrogen (secondary N) is 1. The third kappa shape index (κ3) is 4.53. The molecule has 3 atom stereocenters. The molecule has 0 unspecified atom stereocenters.